The molecule has 0 aromatic heterocycles. The van der Waals surface area contributed by atoms with Gasteiger partial charge in [0.05, 0.1) is 0 Å². The van der Waals surface area contributed by atoms with Crippen LogP contribution in [0, 0.1) is 11.5 Å². The highest BCUT2D eigenvalue weighted by atomic mass is 35.5. The molecule has 82 valence electrons. The summed E-state index contributed by atoms with van der Waals surface area (Å²) in [6.07, 6.45) is 3.42. The molecular formula is C10H7ClN2OS2. The second-order valence-corrected chi connectivity index (χ2v) is 5.03. The quantitative estimate of drug-likeness (QED) is 0.446. The fraction of sp³-hybridized carbons (Fsp3) is 0.100. The van der Waals surface area contributed by atoms with Crippen molar-refractivity contribution in [2.45, 2.75) is 0 Å². The Labute approximate surface area is 107 Å². The number of thioether (sulfide) groups is 2. The van der Waals surface area contributed by atoms with Crippen molar-refractivity contribution in [3.8, 4) is 6.19 Å². The molecule has 0 bridgehead atoms. The molecule has 1 aromatic carbocycles. The topological polar surface area (TPSA) is 53.2 Å². The van der Waals surface area contributed by atoms with Crippen molar-refractivity contribution in [1.29, 1.82) is 5.26 Å². The van der Waals surface area contributed by atoms with Crippen LogP contribution in [-0.4, -0.2) is 15.7 Å². The normalized spacial score (nSPS) is 10.9. The Morgan fingerprint density at radius 3 is 2.56 bits per heavy atom. The third-order valence-electron chi connectivity index (χ3n) is 1.58. The lowest BCUT2D eigenvalue weighted by Gasteiger charge is -2.00. The van der Waals surface area contributed by atoms with Crippen LogP contribution >= 0.6 is 35.1 Å². The molecule has 6 heteroatoms. The summed E-state index contributed by atoms with van der Waals surface area (Å²) >= 11 is 7.91. The standard InChI is InChI=1S/C10H7ClN2OS2/c1-15-10(13-6-12)16-9(14)7-2-4-8(11)5-3-7/h2-5H,1H3. The van der Waals surface area contributed by atoms with Gasteiger partial charge in [0.25, 0.3) is 0 Å². The number of hydrogen-bond acceptors (Lipinski definition) is 5. The number of carbonyl (C=O) groups is 1. The molecule has 0 fully saturated rings. The van der Waals surface area contributed by atoms with Gasteiger partial charge in [-0.2, -0.15) is 10.3 Å². The summed E-state index contributed by atoms with van der Waals surface area (Å²) in [4.78, 5) is 15.2. The van der Waals surface area contributed by atoms with Gasteiger partial charge in [0.2, 0.25) is 11.3 Å². The average Bonchev–Trinajstić information content (AvgIpc) is 2.29. The van der Waals surface area contributed by atoms with E-state index in [0.717, 1.165) is 11.8 Å². The number of nitrogens with zero attached hydrogens (tertiary/aromatic N) is 2. The molecule has 0 radical (unpaired) electrons. The Bertz CT molecular complexity index is 451. The smallest absolute Gasteiger partial charge is 0.226 e. The number of halogens is 1. The fourth-order valence-corrected chi connectivity index (χ4v) is 2.19. The Hall–Kier alpha value is -0.960. The van der Waals surface area contributed by atoms with Gasteiger partial charge in [-0.25, -0.2) is 0 Å². The van der Waals surface area contributed by atoms with Crippen LogP contribution in [0.1, 0.15) is 10.4 Å². The second kappa shape index (κ2) is 6.59. The first-order valence-electron chi connectivity index (χ1n) is 4.16. The number of hydrogen-bond donors (Lipinski definition) is 0. The van der Waals surface area contributed by atoms with Gasteiger partial charge < -0.3 is 0 Å². The van der Waals surface area contributed by atoms with Crippen LogP contribution in [-0.2, 0) is 0 Å². The minimum Gasteiger partial charge on any atom is -0.281 e. The molecule has 0 aliphatic heterocycles. The SMILES string of the molecule is CSC(=NC#N)SC(=O)c1ccc(Cl)cc1. The zero-order valence-corrected chi connectivity index (χ0v) is 10.7. The van der Waals surface area contributed by atoms with E-state index in [9.17, 15) is 4.79 Å². The highest BCUT2D eigenvalue weighted by Gasteiger charge is 2.10. The van der Waals surface area contributed by atoms with Crippen molar-refractivity contribution in [3.63, 3.8) is 0 Å². The zero-order chi connectivity index (χ0) is 12.0. The minimum absolute atomic E-state index is 0.153. The lowest BCUT2D eigenvalue weighted by atomic mass is 10.2. The summed E-state index contributed by atoms with van der Waals surface area (Å²) in [6.45, 7) is 0. The van der Waals surface area contributed by atoms with Crippen LogP contribution < -0.4 is 0 Å². The fourth-order valence-electron chi connectivity index (χ4n) is 0.875. The number of nitriles is 1. The van der Waals surface area contributed by atoms with Crippen molar-refractivity contribution in [3.05, 3.63) is 34.9 Å². The number of carbonyl (C=O) groups excluding carboxylic acids is 1. The summed E-state index contributed by atoms with van der Waals surface area (Å²) < 4.78 is 0.433. The summed E-state index contributed by atoms with van der Waals surface area (Å²) in [5.41, 5.74) is 0.536. The van der Waals surface area contributed by atoms with E-state index >= 15 is 0 Å². The largest absolute Gasteiger partial charge is 0.281 e. The van der Waals surface area contributed by atoms with Crippen molar-refractivity contribution in [2.24, 2.45) is 4.99 Å². The molecule has 0 saturated heterocycles. The maximum absolute atomic E-state index is 11.7. The van der Waals surface area contributed by atoms with Gasteiger partial charge in [-0.3, -0.25) is 4.79 Å². The van der Waals surface area contributed by atoms with Gasteiger partial charge in [0.1, 0.15) is 4.38 Å². The molecule has 0 saturated carbocycles. The molecule has 0 amide bonds. The number of benzene rings is 1. The van der Waals surface area contributed by atoms with Gasteiger partial charge in [0.15, 0.2) is 0 Å². The molecule has 0 N–H and O–H groups in total. The third-order valence-corrected chi connectivity index (χ3v) is 3.71. The van der Waals surface area contributed by atoms with Crippen LogP contribution in [0.2, 0.25) is 5.02 Å². The van der Waals surface area contributed by atoms with Gasteiger partial charge in [-0.05, 0) is 42.3 Å². The predicted molar refractivity (Wildman–Crippen MR) is 69.9 cm³/mol. The molecule has 0 aliphatic rings. The summed E-state index contributed by atoms with van der Waals surface area (Å²) in [5, 5.41) is 8.82. The van der Waals surface area contributed by atoms with Gasteiger partial charge in [-0.1, -0.05) is 11.6 Å². The van der Waals surface area contributed by atoms with Gasteiger partial charge >= 0.3 is 0 Å². The van der Waals surface area contributed by atoms with Crippen molar-refractivity contribution in [1.82, 2.24) is 0 Å². The molecule has 3 nitrogen and oxygen atoms in total. The van der Waals surface area contributed by atoms with Crippen LogP contribution in [0.3, 0.4) is 0 Å². The molecule has 1 rings (SSSR count). The van der Waals surface area contributed by atoms with E-state index in [4.69, 9.17) is 16.9 Å². The van der Waals surface area contributed by atoms with E-state index in [1.165, 1.54) is 11.8 Å². The van der Waals surface area contributed by atoms with Crippen molar-refractivity contribution in [2.75, 3.05) is 6.26 Å². The predicted octanol–water partition coefficient (Wildman–Crippen LogP) is 3.41. The first-order valence-corrected chi connectivity index (χ1v) is 6.58. The lowest BCUT2D eigenvalue weighted by Crippen LogP contribution is -1.96. The van der Waals surface area contributed by atoms with Gasteiger partial charge in [-0.15, -0.1) is 11.8 Å². The van der Waals surface area contributed by atoms with Crippen LogP contribution in [0.4, 0.5) is 0 Å². The Morgan fingerprint density at radius 1 is 1.44 bits per heavy atom. The monoisotopic (exact) mass is 270 g/mol. The highest BCUT2D eigenvalue weighted by molar-refractivity contribution is 8.44. The Kier molecular flexibility index (Phi) is 5.39. The first-order chi connectivity index (χ1) is 7.67. The molecule has 0 spiro atoms. The van der Waals surface area contributed by atoms with Crippen LogP contribution in [0.25, 0.3) is 0 Å². The molecule has 0 aliphatic carbocycles. The first kappa shape index (κ1) is 13.1. The maximum atomic E-state index is 11.7. The average molecular weight is 271 g/mol. The summed E-state index contributed by atoms with van der Waals surface area (Å²) in [5.74, 6) is 0. The molecule has 0 heterocycles. The van der Waals surface area contributed by atoms with Crippen LogP contribution in [0.5, 0.6) is 0 Å². The second-order valence-electron chi connectivity index (χ2n) is 2.58. The van der Waals surface area contributed by atoms with E-state index in [-0.39, 0.29) is 5.12 Å². The zero-order valence-electron chi connectivity index (χ0n) is 8.31. The summed E-state index contributed by atoms with van der Waals surface area (Å²) in [7, 11) is 0. The van der Waals surface area contributed by atoms with E-state index < -0.39 is 0 Å². The number of aliphatic imine (C=N–C) groups is 1. The van der Waals surface area contributed by atoms with E-state index in [1.54, 1.807) is 36.7 Å². The van der Waals surface area contributed by atoms with E-state index in [2.05, 4.69) is 4.99 Å². The lowest BCUT2D eigenvalue weighted by molar-refractivity contribution is 0.109. The van der Waals surface area contributed by atoms with Crippen molar-refractivity contribution >= 4 is 44.6 Å². The molecular weight excluding hydrogens is 264 g/mol. The van der Waals surface area contributed by atoms with E-state index in [0.29, 0.717) is 15.0 Å². The third kappa shape index (κ3) is 3.89. The Balaban J connectivity index is 2.76. The van der Waals surface area contributed by atoms with E-state index in [1.807, 2.05) is 0 Å². The Morgan fingerprint density at radius 2 is 2.06 bits per heavy atom. The number of rotatable bonds is 1. The minimum atomic E-state index is -0.153. The molecule has 16 heavy (non-hydrogen) atoms. The molecule has 0 unspecified atom stereocenters. The van der Waals surface area contributed by atoms with Gasteiger partial charge in [0, 0.05) is 10.6 Å². The molecule has 1 aromatic rings. The maximum Gasteiger partial charge on any atom is 0.226 e. The molecule has 0 atom stereocenters. The van der Waals surface area contributed by atoms with Crippen LogP contribution in [0.15, 0.2) is 29.3 Å². The summed E-state index contributed by atoms with van der Waals surface area (Å²) in [6, 6.07) is 6.58. The highest BCUT2D eigenvalue weighted by Crippen LogP contribution is 2.21. The van der Waals surface area contributed by atoms with Crippen molar-refractivity contribution < 1.29 is 4.79 Å².